The summed E-state index contributed by atoms with van der Waals surface area (Å²) in [6.07, 6.45) is 1.77. The van der Waals surface area contributed by atoms with Crippen molar-refractivity contribution in [2.75, 3.05) is 26.3 Å². The summed E-state index contributed by atoms with van der Waals surface area (Å²) in [5.41, 5.74) is 4.94. The average Bonchev–Trinajstić information content (AvgIpc) is 2.91. The molecule has 2 saturated heterocycles. The Labute approximate surface area is 112 Å². The number of primary amides is 1. The van der Waals surface area contributed by atoms with Crippen molar-refractivity contribution in [1.29, 1.82) is 0 Å². The van der Waals surface area contributed by atoms with Gasteiger partial charge in [0.2, 0.25) is 5.91 Å². The molecule has 0 saturated carbocycles. The Balaban J connectivity index is 1.78. The number of carbonyl (C=O) groups is 2. The summed E-state index contributed by atoms with van der Waals surface area (Å²) in [4.78, 5) is 24.4. The van der Waals surface area contributed by atoms with E-state index in [9.17, 15) is 9.59 Å². The monoisotopic (exact) mass is 271 g/mol. The Hall–Kier alpha value is -1.18. The lowest BCUT2D eigenvalue weighted by atomic mass is 9.95. The van der Waals surface area contributed by atoms with Crippen LogP contribution < -0.4 is 11.1 Å². The van der Waals surface area contributed by atoms with Crippen molar-refractivity contribution in [3.8, 4) is 0 Å². The fourth-order valence-electron chi connectivity index (χ4n) is 2.62. The molecule has 19 heavy (non-hydrogen) atoms. The Morgan fingerprint density at radius 3 is 2.37 bits per heavy atom. The Kier molecular flexibility index (Phi) is 4.73. The van der Waals surface area contributed by atoms with Gasteiger partial charge < -0.3 is 15.2 Å². The number of likely N-dealkylation sites (tertiary alicyclic amines) is 1. The van der Waals surface area contributed by atoms with E-state index in [2.05, 4.69) is 5.32 Å². The summed E-state index contributed by atoms with van der Waals surface area (Å²) in [7, 11) is 0. The lowest BCUT2D eigenvalue weighted by Crippen LogP contribution is -2.51. The number of ether oxygens (including phenoxy) is 2. The van der Waals surface area contributed by atoms with Crippen molar-refractivity contribution in [1.82, 2.24) is 10.2 Å². The van der Waals surface area contributed by atoms with Crippen molar-refractivity contribution in [2.24, 2.45) is 11.7 Å². The number of rotatable bonds is 3. The van der Waals surface area contributed by atoms with Gasteiger partial charge in [-0.1, -0.05) is 0 Å². The van der Waals surface area contributed by atoms with Crippen molar-refractivity contribution < 1.29 is 19.1 Å². The second-order valence-electron chi connectivity index (χ2n) is 5.01. The van der Waals surface area contributed by atoms with Crippen molar-refractivity contribution >= 4 is 11.9 Å². The molecule has 7 heteroatoms. The van der Waals surface area contributed by atoms with Gasteiger partial charge >= 0.3 is 6.03 Å². The zero-order valence-corrected chi connectivity index (χ0v) is 11.1. The molecule has 3 N–H and O–H groups in total. The van der Waals surface area contributed by atoms with E-state index in [0.717, 1.165) is 25.9 Å². The molecule has 0 aromatic carbocycles. The molecule has 0 aliphatic carbocycles. The number of urea groups is 1. The molecule has 2 heterocycles. The number of nitrogens with two attached hydrogens (primary N) is 1. The number of nitrogens with zero attached hydrogens (tertiary/aromatic N) is 1. The predicted molar refractivity (Wildman–Crippen MR) is 67.2 cm³/mol. The molecule has 2 fully saturated rings. The first kappa shape index (κ1) is 14.2. The highest BCUT2D eigenvalue weighted by Gasteiger charge is 2.33. The summed E-state index contributed by atoms with van der Waals surface area (Å²) in [5.74, 6) is 0.0458. The van der Waals surface area contributed by atoms with Gasteiger partial charge in [-0.05, 0) is 32.9 Å². The number of carbonyl (C=O) groups excluding carboxylic acids is 2. The van der Waals surface area contributed by atoms with Crippen molar-refractivity contribution in [3.63, 3.8) is 0 Å². The molecular weight excluding hydrogens is 250 g/mol. The van der Waals surface area contributed by atoms with Crippen molar-refractivity contribution in [2.45, 2.75) is 32.1 Å². The lowest BCUT2D eigenvalue weighted by Gasteiger charge is -2.36. The molecule has 2 rings (SSSR count). The number of hydrogen-bond acceptors (Lipinski definition) is 5. The van der Waals surface area contributed by atoms with Gasteiger partial charge in [-0.2, -0.15) is 0 Å². The number of hydrogen-bond donors (Lipinski definition) is 2. The van der Waals surface area contributed by atoms with Crippen LogP contribution in [0.5, 0.6) is 0 Å². The van der Waals surface area contributed by atoms with E-state index in [1.165, 1.54) is 0 Å². The van der Waals surface area contributed by atoms with E-state index in [1.807, 2.05) is 4.90 Å². The molecule has 0 bridgehead atoms. The minimum atomic E-state index is -0.806. The van der Waals surface area contributed by atoms with E-state index >= 15 is 0 Å². The number of piperidine rings is 1. The first-order valence-electron chi connectivity index (χ1n) is 6.65. The Bertz CT molecular complexity index is 336. The number of amides is 3. The maximum absolute atomic E-state index is 11.7. The largest absolute Gasteiger partial charge is 0.351 e. The van der Waals surface area contributed by atoms with Gasteiger partial charge in [0, 0.05) is 5.92 Å². The van der Waals surface area contributed by atoms with Gasteiger partial charge in [0.05, 0.1) is 19.3 Å². The molecular formula is C12H21N3O4. The highest BCUT2D eigenvalue weighted by atomic mass is 16.7. The standard InChI is InChI=1S/C12H21N3O4/c1-8(10(16)14-12(13)17)15-4-2-9(3-5-15)11-18-6-7-19-11/h8-9,11H,2-7H2,1H3,(H3,13,14,16,17). The summed E-state index contributed by atoms with van der Waals surface area (Å²) >= 11 is 0. The highest BCUT2D eigenvalue weighted by Crippen LogP contribution is 2.26. The van der Waals surface area contributed by atoms with Crippen LogP contribution in [0.25, 0.3) is 0 Å². The van der Waals surface area contributed by atoms with Gasteiger partial charge in [0.25, 0.3) is 0 Å². The van der Waals surface area contributed by atoms with Crippen LogP contribution in [0, 0.1) is 5.92 Å². The maximum Gasteiger partial charge on any atom is 0.318 e. The van der Waals surface area contributed by atoms with Crippen LogP contribution in [0.4, 0.5) is 4.79 Å². The Morgan fingerprint density at radius 1 is 1.26 bits per heavy atom. The molecule has 0 spiro atoms. The third kappa shape index (κ3) is 3.65. The zero-order valence-electron chi connectivity index (χ0n) is 11.1. The van der Waals surface area contributed by atoms with E-state index in [-0.39, 0.29) is 18.2 Å². The zero-order chi connectivity index (χ0) is 13.8. The molecule has 108 valence electrons. The van der Waals surface area contributed by atoms with Crippen LogP contribution in [-0.4, -0.2) is 55.5 Å². The molecule has 0 aromatic rings. The molecule has 1 atom stereocenters. The lowest BCUT2D eigenvalue weighted by molar-refractivity contribution is -0.127. The van der Waals surface area contributed by atoms with Gasteiger partial charge in [-0.25, -0.2) is 4.79 Å². The number of imide groups is 1. The van der Waals surface area contributed by atoms with Crippen LogP contribution >= 0.6 is 0 Å². The smallest absolute Gasteiger partial charge is 0.318 e. The van der Waals surface area contributed by atoms with Gasteiger partial charge in [-0.15, -0.1) is 0 Å². The molecule has 1 unspecified atom stereocenters. The second-order valence-corrected chi connectivity index (χ2v) is 5.01. The third-order valence-electron chi connectivity index (χ3n) is 3.78. The van der Waals surface area contributed by atoms with Crippen LogP contribution in [0.15, 0.2) is 0 Å². The van der Waals surface area contributed by atoms with Crippen LogP contribution in [0.3, 0.4) is 0 Å². The van der Waals surface area contributed by atoms with E-state index < -0.39 is 6.03 Å². The van der Waals surface area contributed by atoms with Gasteiger partial charge in [0.1, 0.15) is 0 Å². The van der Waals surface area contributed by atoms with E-state index in [0.29, 0.717) is 19.1 Å². The van der Waals surface area contributed by atoms with E-state index in [4.69, 9.17) is 15.2 Å². The molecule has 3 amide bonds. The molecule has 0 aromatic heterocycles. The van der Waals surface area contributed by atoms with Gasteiger partial charge in [0.15, 0.2) is 6.29 Å². The third-order valence-corrected chi connectivity index (χ3v) is 3.78. The summed E-state index contributed by atoms with van der Waals surface area (Å²) in [6.45, 7) is 4.70. The first-order chi connectivity index (χ1) is 9.08. The van der Waals surface area contributed by atoms with Crippen molar-refractivity contribution in [3.05, 3.63) is 0 Å². The fraction of sp³-hybridized carbons (Fsp3) is 0.833. The van der Waals surface area contributed by atoms with Crippen LogP contribution in [0.2, 0.25) is 0 Å². The average molecular weight is 271 g/mol. The molecule has 7 nitrogen and oxygen atoms in total. The topological polar surface area (TPSA) is 93.9 Å². The first-order valence-corrected chi connectivity index (χ1v) is 6.65. The highest BCUT2D eigenvalue weighted by molar-refractivity contribution is 5.96. The quantitative estimate of drug-likeness (QED) is 0.732. The van der Waals surface area contributed by atoms with Crippen LogP contribution in [0.1, 0.15) is 19.8 Å². The molecule has 2 aliphatic rings. The van der Waals surface area contributed by atoms with Crippen LogP contribution in [-0.2, 0) is 14.3 Å². The minimum Gasteiger partial charge on any atom is -0.351 e. The fourth-order valence-corrected chi connectivity index (χ4v) is 2.62. The molecule has 0 radical (unpaired) electrons. The summed E-state index contributed by atoms with van der Waals surface area (Å²) in [5, 5.41) is 2.12. The normalized spacial score (nSPS) is 24.3. The molecule has 2 aliphatic heterocycles. The summed E-state index contributed by atoms with van der Waals surface area (Å²) in [6, 6.07) is -1.15. The van der Waals surface area contributed by atoms with Gasteiger partial charge in [-0.3, -0.25) is 15.0 Å². The minimum absolute atomic E-state index is 0.0862. The predicted octanol–water partition coefficient (Wildman–Crippen LogP) is -0.345. The second kappa shape index (κ2) is 6.31. The Morgan fingerprint density at radius 2 is 1.84 bits per heavy atom. The maximum atomic E-state index is 11.7. The number of nitrogens with one attached hydrogen (secondary N) is 1. The SMILES string of the molecule is CC(C(=O)NC(N)=O)N1CCC(C2OCCO2)CC1. The summed E-state index contributed by atoms with van der Waals surface area (Å²) < 4.78 is 11.0. The van der Waals surface area contributed by atoms with E-state index in [1.54, 1.807) is 6.92 Å².